The highest BCUT2D eigenvalue weighted by atomic mass is 16.5. The van der Waals surface area contributed by atoms with Crippen molar-refractivity contribution in [3.05, 3.63) is 17.7 Å². The van der Waals surface area contributed by atoms with Crippen LogP contribution in [-0.4, -0.2) is 21.3 Å². The molecule has 0 N–H and O–H groups in total. The summed E-state index contributed by atoms with van der Waals surface area (Å²) >= 11 is 0. The number of ether oxygens (including phenoxy) is 3. The van der Waals surface area contributed by atoms with Gasteiger partial charge in [0.1, 0.15) is 0 Å². The third-order valence-corrected chi connectivity index (χ3v) is 4.03. The van der Waals surface area contributed by atoms with Crippen molar-refractivity contribution < 1.29 is 14.2 Å². The minimum Gasteiger partial charge on any atom is -0.493 e. The van der Waals surface area contributed by atoms with Gasteiger partial charge in [0, 0.05) is 5.56 Å². The molecule has 0 unspecified atom stereocenters. The molecular formula is C16H24O3. The van der Waals surface area contributed by atoms with E-state index in [2.05, 4.69) is 6.07 Å². The zero-order valence-corrected chi connectivity index (χ0v) is 12.2. The first-order valence-corrected chi connectivity index (χ1v) is 7.10. The standard InChI is InChI=1S/C16H24O3/c1-17-14-11-10-13(15(18-2)16(14)19-3)12-8-6-4-5-7-9-12/h10-12H,4-9H2,1-3H3. The summed E-state index contributed by atoms with van der Waals surface area (Å²) in [7, 11) is 5.03. The monoisotopic (exact) mass is 264 g/mol. The van der Waals surface area contributed by atoms with E-state index in [0.717, 1.165) is 11.5 Å². The zero-order valence-electron chi connectivity index (χ0n) is 12.2. The van der Waals surface area contributed by atoms with Crippen molar-refractivity contribution in [1.82, 2.24) is 0 Å². The van der Waals surface area contributed by atoms with Gasteiger partial charge in [-0.1, -0.05) is 31.7 Å². The van der Waals surface area contributed by atoms with E-state index in [1.54, 1.807) is 21.3 Å². The number of hydrogen-bond acceptors (Lipinski definition) is 3. The fourth-order valence-electron chi connectivity index (χ4n) is 3.04. The van der Waals surface area contributed by atoms with E-state index in [1.807, 2.05) is 6.07 Å². The van der Waals surface area contributed by atoms with E-state index in [4.69, 9.17) is 14.2 Å². The average Bonchev–Trinajstić information content (AvgIpc) is 2.74. The van der Waals surface area contributed by atoms with Crippen LogP contribution in [0.15, 0.2) is 12.1 Å². The third-order valence-electron chi connectivity index (χ3n) is 4.03. The molecular weight excluding hydrogens is 240 g/mol. The molecule has 0 saturated heterocycles. The van der Waals surface area contributed by atoms with Crippen LogP contribution in [0.2, 0.25) is 0 Å². The molecule has 0 spiro atoms. The first-order valence-electron chi connectivity index (χ1n) is 7.10. The van der Waals surface area contributed by atoms with Gasteiger partial charge in [-0.3, -0.25) is 0 Å². The highest BCUT2D eigenvalue weighted by molar-refractivity contribution is 5.56. The van der Waals surface area contributed by atoms with Crippen molar-refractivity contribution in [2.45, 2.75) is 44.4 Å². The predicted molar refractivity (Wildman–Crippen MR) is 76.5 cm³/mol. The Kier molecular flexibility index (Phi) is 4.94. The van der Waals surface area contributed by atoms with E-state index in [-0.39, 0.29) is 0 Å². The van der Waals surface area contributed by atoms with Gasteiger partial charge in [-0.2, -0.15) is 0 Å². The lowest BCUT2D eigenvalue weighted by molar-refractivity contribution is 0.320. The molecule has 19 heavy (non-hydrogen) atoms. The summed E-state index contributed by atoms with van der Waals surface area (Å²) in [6.45, 7) is 0. The van der Waals surface area contributed by atoms with Crippen LogP contribution >= 0.6 is 0 Å². The molecule has 2 rings (SSSR count). The van der Waals surface area contributed by atoms with Crippen molar-refractivity contribution in [3.63, 3.8) is 0 Å². The second-order valence-corrected chi connectivity index (χ2v) is 5.11. The Hall–Kier alpha value is -1.38. The molecule has 1 fully saturated rings. The van der Waals surface area contributed by atoms with Crippen molar-refractivity contribution in [1.29, 1.82) is 0 Å². The normalized spacial score (nSPS) is 16.8. The summed E-state index contributed by atoms with van der Waals surface area (Å²) in [5, 5.41) is 0. The molecule has 0 aliphatic heterocycles. The van der Waals surface area contributed by atoms with Crippen molar-refractivity contribution in [3.8, 4) is 17.2 Å². The average molecular weight is 264 g/mol. The van der Waals surface area contributed by atoms with Gasteiger partial charge < -0.3 is 14.2 Å². The molecule has 0 atom stereocenters. The molecule has 106 valence electrons. The molecule has 1 saturated carbocycles. The Balaban J connectivity index is 2.38. The molecule has 0 heterocycles. The number of methoxy groups -OCH3 is 3. The highest BCUT2D eigenvalue weighted by Crippen LogP contribution is 2.45. The van der Waals surface area contributed by atoms with Crippen molar-refractivity contribution >= 4 is 0 Å². The van der Waals surface area contributed by atoms with Crippen LogP contribution in [-0.2, 0) is 0 Å². The summed E-state index contributed by atoms with van der Waals surface area (Å²) in [5.41, 5.74) is 1.27. The van der Waals surface area contributed by atoms with Gasteiger partial charge in [0.2, 0.25) is 5.75 Å². The molecule has 3 nitrogen and oxygen atoms in total. The second kappa shape index (κ2) is 6.69. The van der Waals surface area contributed by atoms with Gasteiger partial charge in [0.05, 0.1) is 21.3 Å². The maximum atomic E-state index is 5.60. The SMILES string of the molecule is COc1ccc(C2CCCCCC2)c(OC)c1OC. The van der Waals surface area contributed by atoms with E-state index >= 15 is 0 Å². The molecule has 0 radical (unpaired) electrons. The van der Waals surface area contributed by atoms with Crippen LogP contribution < -0.4 is 14.2 Å². The number of hydrogen-bond donors (Lipinski definition) is 0. The summed E-state index contributed by atoms with van der Waals surface area (Å²) in [4.78, 5) is 0. The molecule has 1 aliphatic rings. The Morgan fingerprint density at radius 2 is 1.42 bits per heavy atom. The summed E-state index contributed by atoms with van der Waals surface area (Å²) in [6, 6.07) is 4.12. The van der Waals surface area contributed by atoms with Gasteiger partial charge in [-0.15, -0.1) is 0 Å². The first-order chi connectivity index (χ1) is 9.31. The lowest BCUT2D eigenvalue weighted by Crippen LogP contribution is -2.03. The topological polar surface area (TPSA) is 27.7 Å². The zero-order chi connectivity index (χ0) is 13.7. The van der Waals surface area contributed by atoms with Gasteiger partial charge in [-0.05, 0) is 24.8 Å². The lowest BCUT2D eigenvalue weighted by atomic mass is 9.90. The Morgan fingerprint density at radius 1 is 0.789 bits per heavy atom. The molecule has 1 aliphatic carbocycles. The molecule has 1 aromatic rings. The Morgan fingerprint density at radius 3 is 1.95 bits per heavy atom. The fraction of sp³-hybridized carbons (Fsp3) is 0.625. The summed E-state index contributed by atoms with van der Waals surface area (Å²) in [5.74, 6) is 2.87. The van der Waals surface area contributed by atoms with E-state index in [1.165, 1.54) is 44.1 Å². The van der Waals surface area contributed by atoms with Gasteiger partial charge >= 0.3 is 0 Å². The molecule has 0 aromatic heterocycles. The van der Waals surface area contributed by atoms with Crippen LogP contribution in [0.1, 0.15) is 50.0 Å². The van der Waals surface area contributed by atoms with Crippen molar-refractivity contribution in [2.24, 2.45) is 0 Å². The number of rotatable bonds is 4. The van der Waals surface area contributed by atoms with E-state index in [0.29, 0.717) is 11.7 Å². The van der Waals surface area contributed by atoms with Crippen molar-refractivity contribution in [2.75, 3.05) is 21.3 Å². The minimum absolute atomic E-state index is 0.581. The highest BCUT2D eigenvalue weighted by Gasteiger charge is 2.22. The predicted octanol–water partition coefficient (Wildman–Crippen LogP) is 4.15. The summed E-state index contributed by atoms with van der Waals surface area (Å²) in [6.07, 6.45) is 7.81. The quantitative estimate of drug-likeness (QED) is 0.765. The third kappa shape index (κ3) is 2.96. The largest absolute Gasteiger partial charge is 0.493 e. The van der Waals surface area contributed by atoms with Crippen LogP contribution in [0.25, 0.3) is 0 Å². The maximum absolute atomic E-state index is 5.60. The van der Waals surface area contributed by atoms with Crippen LogP contribution in [0, 0.1) is 0 Å². The molecule has 3 heteroatoms. The Bertz CT molecular complexity index is 407. The smallest absolute Gasteiger partial charge is 0.203 e. The van der Waals surface area contributed by atoms with Gasteiger partial charge in [0.15, 0.2) is 11.5 Å². The molecule has 1 aromatic carbocycles. The molecule has 0 bridgehead atoms. The Labute approximate surface area is 115 Å². The van der Waals surface area contributed by atoms with E-state index in [9.17, 15) is 0 Å². The molecule has 0 amide bonds. The van der Waals surface area contributed by atoms with Crippen LogP contribution in [0.4, 0.5) is 0 Å². The lowest BCUT2D eigenvalue weighted by Gasteiger charge is -2.21. The second-order valence-electron chi connectivity index (χ2n) is 5.11. The van der Waals surface area contributed by atoms with Crippen LogP contribution in [0.5, 0.6) is 17.2 Å². The minimum atomic E-state index is 0.581. The fourth-order valence-corrected chi connectivity index (χ4v) is 3.04. The van der Waals surface area contributed by atoms with Gasteiger partial charge in [-0.25, -0.2) is 0 Å². The maximum Gasteiger partial charge on any atom is 0.203 e. The van der Waals surface area contributed by atoms with Crippen LogP contribution in [0.3, 0.4) is 0 Å². The van der Waals surface area contributed by atoms with Gasteiger partial charge in [0.25, 0.3) is 0 Å². The summed E-state index contributed by atoms with van der Waals surface area (Å²) < 4.78 is 16.4. The number of benzene rings is 1. The van der Waals surface area contributed by atoms with E-state index < -0.39 is 0 Å². The first kappa shape index (κ1) is 14.0.